The van der Waals surface area contributed by atoms with Gasteiger partial charge in [0.1, 0.15) is 23.5 Å². The van der Waals surface area contributed by atoms with Crippen LogP contribution in [0.1, 0.15) is 71.5 Å². The number of H-pyrrole nitrogens is 1. The number of benzene rings is 4. The third-order valence-corrected chi connectivity index (χ3v) is 13.0. The summed E-state index contributed by atoms with van der Waals surface area (Å²) >= 11 is 0. The van der Waals surface area contributed by atoms with Gasteiger partial charge in [-0.25, -0.2) is 13.2 Å². The van der Waals surface area contributed by atoms with Crippen LogP contribution < -0.4 is 26.2 Å². The van der Waals surface area contributed by atoms with E-state index in [1.54, 1.807) is 12.1 Å². The minimum absolute atomic E-state index is 0.0182. The normalized spacial score (nSPS) is 19.0. The maximum atomic E-state index is 15.3. The van der Waals surface area contributed by atoms with Crippen LogP contribution in [-0.2, 0) is 25.5 Å². The SMILES string of the molecule is O=C1CCC(Nc2ccc(C3CCN(CC(=O)N4CCN(c5ccc(C(=O)Nc6n[nH]c7ccc(Cc8cc(F)cc(F)c8)cc67)c(NC6CCOCC6)c5)CC4)CC3)c(F)c2)C(=O)N1. The van der Waals surface area contributed by atoms with Crippen LogP contribution in [0, 0.1) is 17.5 Å². The standard InChI is InChI=1S/C48H52F3N9O5/c49-32-22-30(23-33(50)25-32)21-29-1-6-41-39(24-29)46(57-56-41)55-47(63)38-5-3-36(27-43(38)52-34-11-19-65-20-12-34)59-15-17-60(18-16-59)45(62)28-58-13-9-31(10-14-58)37-4-2-35(26-40(37)51)53-42-7-8-44(61)54-48(42)64/h1-6,22-27,31,34,42,52-53H,7-21,28H2,(H,54,61,64)(H2,55,56,57,63). The molecule has 4 aliphatic heterocycles. The van der Waals surface area contributed by atoms with Gasteiger partial charge < -0.3 is 30.5 Å². The van der Waals surface area contributed by atoms with Gasteiger partial charge in [0, 0.05) is 80.4 Å². The summed E-state index contributed by atoms with van der Waals surface area (Å²) in [5.74, 6) is -2.26. The molecule has 0 radical (unpaired) electrons. The fourth-order valence-electron chi connectivity index (χ4n) is 9.39. The summed E-state index contributed by atoms with van der Waals surface area (Å²) in [4.78, 5) is 57.4. The van der Waals surface area contributed by atoms with E-state index in [-0.39, 0.29) is 41.9 Å². The van der Waals surface area contributed by atoms with Crippen molar-refractivity contribution in [1.29, 1.82) is 0 Å². The Labute approximate surface area is 374 Å². The van der Waals surface area contributed by atoms with Gasteiger partial charge in [0.25, 0.3) is 5.91 Å². The number of amides is 4. The average molecular weight is 892 g/mol. The molecule has 5 heterocycles. The first kappa shape index (κ1) is 43.8. The highest BCUT2D eigenvalue weighted by Gasteiger charge is 2.30. The number of fused-ring (bicyclic) bond motifs is 1. The van der Waals surface area contributed by atoms with Gasteiger partial charge >= 0.3 is 0 Å². The van der Waals surface area contributed by atoms with Crippen LogP contribution in [0.2, 0.25) is 0 Å². The second-order valence-electron chi connectivity index (χ2n) is 17.4. The van der Waals surface area contributed by atoms with Crippen molar-refractivity contribution in [1.82, 2.24) is 25.3 Å². The van der Waals surface area contributed by atoms with Crippen LogP contribution in [0.25, 0.3) is 10.9 Å². The highest BCUT2D eigenvalue weighted by molar-refractivity contribution is 6.11. The quantitative estimate of drug-likeness (QED) is 0.0918. The smallest absolute Gasteiger partial charge is 0.258 e. The minimum atomic E-state index is -0.642. The Morgan fingerprint density at radius 2 is 1.55 bits per heavy atom. The molecule has 340 valence electrons. The molecule has 4 aliphatic rings. The molecule has 4 saturated heterocycles. The van der Waals surface area contributed by atoms with Gasteiger partial charge in [-0.3, -0.25) is 34.5 Å². The first-order valence-corrected chi connectivity index (χ1v) is 22.4. The number of nitrogens with zero attached hydrogens (tertiary/aromatic N) is 4. The predicted molar refractivity (Wildman–Crippen MR) is 241 cm³/mol. The number of carbonyl (C=O) groups excluding carboxylic acids is 4. The maximum absolute atomic E-state index is 15.3. The van der Waals surface area contributed by atoms with Gasteiger partial charge in [-0.2, -0.15) is 5.10 Å². The molecule has 4 amide bonds. The van der Waals surface area contributed by atoms with E-state index in [0.29, 0.717) is 117 Å². The Bertz CT molecular complexity index is 2560. The number of piperidine rings is 2. The molecule has 65 heavy (non-hydrogen) atoms. The molecular weight excluding hydrogens is 840 g/mol. The zero-order valence-electron chi connectivity index (χ0n) is 35.9. The number of anilines is 4. The molecule has 0 aliphatic carbocycles. The first-order chi connectivity index (χ1) is 31.5. The summed E-state index contributed by atoms with van der Waals surface area (Å²) in [5, 5.41) is 20.0. The van der Waals surface area contributed by atoms with Gasteiger partial charge in [-0.15, -0.1) is 0 Å². The lowest BCUT2D eigenvalue weighted by Crippen LogP contribution is -2.52. The third kappa shape index (κ3) is 10.4. The number of likely N-dealkylation sites (tertiary alicyclic amines) is 1. The zero-order chi connectivity index (χ0) is 45.0. The van der Waals surface area contributed by atoms with E-state index in [9.17, 15) is 28.0 Å². The van der Waals surface area contributed by atoms with Crippen LogP contribution in [0.4, 0.5) is 36.1 Å². The highest BCUT2D eigenvalue weighted by atomic mass is 19.1. The number of piperazine rings is 1. The van der Waals surface area contributed by atoms with E-state index in [0.717, 1.165) is 43.0 Å². The van der Waals surface area contributed by atoms with Crippen LogP contribution in [0.5, 0.6) is 0 Å². The van der Waals surface area contributed by atoms with Crippen LogP contribution in [0.3, 0.4) is 0 Å². The van der Waals surface area contributed by atoms with E-state index in [4.69, 9.17) is 4.74 Å². The molecule has 1 atom stereocenters. The largest absolute Gasteiger partial charge is 0.381 e. The van der Waals surface area contributed by atoms with E-state index in [1.165, 1.54) is 18.2 Å². The minimum Gasteiger partial charge on any atom is -0.381 e. The van der Waals surface area contributed by atoms with Crippen molar-refractivity contribution in [2.24, 2.45) is 0 Å². The molecule has 5 aromatic rings. The van der Waals surface area contributed by atoms with Crippen molar-refractivity contribution < 1.29 is 37.1 Å². The number of nitrogens with one attached hydrogen (secondary N) is 5. The molecule has 1 aromatic heterocycles. The topological polar surface area (TPSA) is 164 Å². The number of hydrogen-bond acceptors (Lipinski definition) is 10. The molecular formula is C48H52F3N9O5. The molecule has 4 aromatic carbocycles. The van der Waals surface area contributed by atoms with Crippen LogP contribution >= 0.6 is 0 Å². The van der Waals surface area contributed by atoms with Gasteiger partial charge in [0.15, 0.2) is 5.82 Å². The summed E-state index contributed by atoms with van der Waals surface area (Å²) in [7, 11) is 0. The second-order valence-corrected chi connectivity index (χ2v) is 17.4. The molecule has 9 rings (SSSR count). The second kappa shape index (κ2) is 19.3. The summed E-state index contributed by atoms with van der Waals surface area (Å²) in [6, 6.07) is 19.2. The molecule has 14 nitrogen and oxygen atoms in total. The van der Waals surface area contributed by atoms with Crippen molar-refractivity contribution in [2.45, 2.75) is 62.9 Å². The Morgan fingerprint density at radius 3 is 2.29 bits per heavy atom. The summed E-state index contributed by atoms with van der Waals surface area (Å²) < 4.78 is 48.7. The lowest BCUT2D eigenvalue weighted by molar-refractivity contribution is -0.134. The number of aromatic nitrogens is 2. The Morgan fingerprint density at radius 1 is 0.785 bits per heavy atom. The molecule has 0 spiro atoms. The number of rotatable bonds is 12. The van der Waals surface area contributed by atoms with Gasteiger partial charge in [-0.05, 0) is 129 Å². The Kier molecular flexibility index (Phi) is 13.0. The number of ether oxygens (including phenoxy) is 1. The van der Waals surface area contributed by atoms with Crippen LogP contribution in [-0.4, -0.2) is 115 Å². The molecule has 4 fully saturated rings. The number of hydrogen-bond donors (Lipinski definition) is 5. The number of halogens is 3. The summed E-state index contributed by atoms with van der Waals surface area (Å²) in [6.45, 7) is 5.22. The van der Waals surface area contributed by atoms with Gasteiger partial charge in [-0.1, -0.05) is 12.1 Å². The van der Waals surface area contributed by atoms with Gasteiger partial charge in [0.2, 0.25) is 17.7 Å². The molecule has 17 heteroatoms. The molecule has 5 N–H and O–H groups in total. The summed E-state index contributed by atoms with van der Waals surface area (Å²) in [5.41, 5.74) is 5.17. The maximum Gasteiger partial charge on any atom is 0.258 e. The highest BCUT2D eigenvalue weighted by Crippen LogP contribution is 2.33. The summed E-state index contributed by atoms with van der Waals surface area (Å²) in [6.07, 6.45) is 3.92. The number of imide groups is 1. The third-order valence-electron chi connectivity index (χ3n) is 13.0. The molecule has 0 saturated carbocycles. The van der Waals surface area contributed by atoms with Crippen molar-refractivity contribution in [3.8, 4) is 0 Å². The van der Waals surface area contributed by atoms with Crippen molar-refractivity contribution >= 4 is 57.4 Å². The zero-order valence-corrected chi connectivity index (χ0v) is 35.9. The molecule has 1 unspecified atom stereocenters. The fraction of sp³-hybridized carbons (Fsp3) is 0.396. The number of aromatic amines is 1. The van der Waals surface area contributed by atoms with Crippen molar-refractivity contribution in [2.75, 3.05) is 79.9 Å². The molecule has 0 bridgehead atoms. The monoisotopic (exact) mass is 891 g/mol. The van der Waals surface area contributed by atoms with E-state index < -0.39 is 23.6 Å². The van der Waals surface area contributed by atoms with E-state index >= 15 is 4.39 Å². The number of carbonyl (C=O) groups is 4. The van der Waals surface area contributed by atoms with E-state index in [1.807, 2.05) is 41.3 Å². The van der Waals surface area contributed by atoms with Crippen LogP contribution in [0.15, 0.2) is 72.8 Å². The average Bonchev–Trinajstić information content (AvgIpc) is 3.69. The van der Waals surface area contributed by atoms with E-state index in [2.05, 4.69) is 41.3 Å². The van der Waals surface area contributed by atoms with Crippen molar-refractivity contribution in [3.63, 3.8) is 0 Å². The Hall–Kier alpha value is -6.46. The lowest BCUT2D eigenvalue weighted by atomic mass is 9.89. The Balaban J connectivity index is 0.798. The first-order valence-electron chi connectivity index (χ1n) is 22.4. The lowest BCUT2D eigenvalue weighted by Gasteiger charge is -2.38. The van der Waals surface area contributed by atoms with Gasteiger partial charge in [0.05, 0.1) is 17.6 Å². The van der Waals surface area contributed by atoms with Crippen molar-refractivity contribution in [3.05, 3.63) is 113 Å². The predicted octanol–water partition coefficient (Wildman–Crippen LogP) is 6.16. The fourth-order valence-corrected chi connectivity index (χ4v) is 9.39.